The first-order valence-corrected chi connectivity index (χ1v) is 9.28. The molecule has 1 N–H and O–H groups in total. The molecule has 0 heterocycles. The van der Waals surface area contributed by atoms with Crippen LogP contribution in [0.4, 0.5) is 5.69 Å². The molecule has 0 aliphatic heterocycles. The highest BCUT2D eigenvalue weighted by Crippen LogP contribution is 2.26. The molecule has 1 amide bonds. The van der Waals surface area contributed by atoms with E-state index in [-0.39, 0.29) is 18.4 Å². The lowest BCUT2D eigenvalue weighted by Gasteiger charge is -2.26. The molecule has 1 rings (SSSR count). The van der Waals surface area contributed by atoms with E-state index >= 15 is 0 Å². The van der Waals surface area contributed by atoms with Gasteiger partial charge in [-0.2, -0.15) is 0 Å². The number of rotatable bonds is 7. The van der Waals surface area contributed by atoms with Crippen LogP contribution in [0.25, 0.3) is 0 Å². The molecular formula is C16H26N2O3S. The highest BCUT2D eigenvalue weighted by molar-refractivity contribution is 7.92. The molecule has 0 spiro atoms. The summed E-state index contributed by atoms with van der Waals surface area (Å²) < 4.78 is 25.6. The Kier molecular flexibility index (Phi) is 6.41. The minimum Gasteiger partial charge on any atom is -0.354 e. The fourth-order valence-electron chi connectivity index (χ4n) is 2.38. The largest absolute Gasteiger partial charge is 0.354 e. The molecule has 124 valence electrons. The van der Waals surface area contributed by atoms with Gasteiger partial charge in [-0.1, -0.05) is 32.0 Å². The average molecular weight is 326 g/mol. The third kappa shape index (κ3) is 5.33. The van der Waals surface area contributed by atoms with Crippen molar-refractivity contribution in [2.45, 2.75) is 34.1 Å². The van der Waals surface area contributed by atoms with E-state index in [0.717, 1.165) is 11.1 Å². The number of nitrogens with one attached hydrogen (secondary N) is 1. The number of nitrogens with zero attached hydrogens (tertiary/aromatic N) is 1. The van der Waals surface area contributed by atoms with Crippen LogP contribution in [0.3, 0.4) is 0 Å². The molecule has 0 radical (unpaired) electrons. The number of anilines is 1. The topological polar surface area (TPSA) is 66.5 Å². The van der Waals surface area contributed by atoms with Gasteiger partial charge in [0.2, 0.25) is 15.9 Å². The number of aryl methyl sites for hydroxylation is 2. The standard InChI is InChI=1S/C16H26N2O3S/c1-12(2)11-15(19)17-9-10-18(22(5,20)21)16-13(3)7-6-8-14(16)4/h6-8,12H,9-11H2,1-5H3,(H,17,19). The van der Waals surface area contributed by atoms with Crippen molar-refractivity contribution in [3.05, 3.63) is 29.3 Å². The summed E-state index contributed by atoms with van der Waals surface area (Å²) in [7, 11) is -3.40. The SMILES string of the molecule is Cc1cccc(C)c1N(CCNC(=O)CC(C)C)S(C)(=O)=O. The maximum atomic E-state index is 12.1. The number of hydrogen-bond acceptors (Lipinski definition) is 3. The molecule has 0 aromatic heterocycles. The van der Waals surface area contributed by atoms with Crippen molar-refractivity contribution < 1.29 is 13.2 Å². The van der Waals surface area contributed by atoms with Gasteiger partial charge in [0.15, 0.2) is 0 Å². The zero-order valence-electron chi connectivity index (χ0n) is 14.0. The zero-order chi connectivity index (χ0) is 16.9. The Balaban J connectivity index is 2.87. The number of carbonyl (C=O) groups excluding carboxylic acids is 1. The normalized spacial score (nSPS) is 11.5. The van der Waals surface area contributed by atoms with Crippen LogP contribution in [0.5, 0.6) is 0 Å². The monoisotopic (exact) mass is 326 g/mol. The fraction of sp³-hybridized carbons (Fsp3) is 0.562. The van der Waals surface area contributed by atoms with Crippen LogP contribution in [0.15, 0.2) is 18.2 Å². The Hall–Kier alpha value is -1.56. The Labute approximate surface area is 133 Å². The molecule has 22 heavy (non-hydrogen) atoms. The van der Waals surface area contributed by atoms with Gasteiger partial charge in [-0.15, -0.1) is 0 Å². The van der Waals surface area contributed by atoms with Crippen LogP contribution >= 0.6 is 0 Å². The van der Waals surface area contributed by atoms with E-state index in [1.54, 1.807) is 0 Å². The van der Waals surface area contributed by atoms with Crippen LogP contribution in [0.2, 0.25) is 0 Å². The molecule has 0 aliphatic carbocycles. The van der Waals surface area contributed by atoms with Crippen LogP contribution < -0.4 is 9.62 Å². The molecule has 0 aliphatic rings. The summed E-state index contributed by atoms with van der Waals surface area (Å²) in [4.78, 5) is 11.7. The second kappa shape index (κ2) is 7.63. The molecule has 0 saturated heterocycles. The van der Waals surface area contributed by atoms with Crippen LogP contribution in [0.1, 0.15) is 31.4 Å². The lowest BCUT2D eigenvalue weighted by molar-refractivity contribution is -0.121. The Bertz CT molecular complexity index is 604. The van der Waals surface area contributed by atoms with E-state index in [1.165, 1.54) is 10.6 Å². The van der Waals surface area contributed by atoms with Crippen molar-refractivity contribution in [1.82, 2.24) is 5.32 Å². The van der Waals surface area contributed by atoms with E-state index in [4.69, 9.17) is 0 Å². The minimum atomic E-state index is -3.40. The number of carbonyl (C=O) groups is 1. The molecule has 5 nitrogen and oxygen atoms in total. The first-order valence-electron chi connectivity index (χ1n) is 7.43. The minimum absolute atomic E-state index is 0.0510. The van der Waals surface area contributed by atoms with Crippen molar-refractivity contribution in [3.63, 3.8) is 0 Å². The van der Waals surface area contributed by atoms with Gasteiger partial charge in [-0.3, -0.25) is 9.10 Å². The lowest BCUT2D eigenvalue weighted by atomic mass is 10.1. The third-order valence-corrected chi connectivity index (χ3v) is 4.49. The van der Waals surface area contributed by atoms with Gasteiger partial charge in [0.1, 0.15) is 0 Å². The molecule has 0 bridgehead atoms. The zero-order valence-corrected chi connectivity index (χ0v) is 14.8. The highest BCUT2D eigenvalue weighted by atomic mass is 32.2. The number of para-hydroxylation sites is 1. The predicted molar refractivity (Wildman–Crippen MR) is 90.6 cm³/mol. The van der Waals surface area contributed by atoms with Gasteiger partial charge in [-0.05, 0) is 30.9 Å². The van der Waals surface area contributed by atoms with Crippen molar-refractivity contribution in [2.24, 2.45) is 5.92 Å². The van der Waals surface area contributed by atoms with Crippen molar-refractivity contribution in [2.75, 3.05) is 23.7 Å². The summed E-state index contributed by atoms with van der Waals surface area (Å²) in [5.41, 5.74) is 2.50. The van der Waals surface area contributed by atoms with Crippen LogP contribution in [-0.2, 0) is 14.8 Å². The van der Waals surface area contributed by atoms with E-state index in [1.807, 2.05) is 45.9 Å². The lowest BCUT2D eigenvalue weighted by Crippen LogP contribution is -2.39. The van der Waals surface area contributed by atoms with Crippen molar-refractivity contribution in [3.8, 4) is 0 Å². The first kappa shape index (κ1) is 18.5. The van der Waals surface area contributed by atoms with Gasteiger partial charge in [0.25, 0.3) is 0 Å². The third-order valence-electron chi connectivity index (χ3n) is 3.32. The summed E-state index contributed by atoms with van der Waals surface area (Å²) in [5, 5.41) is 2.78. The smallest absolute Gasteiger partial charge is 0.232 e. The van der Waals surface area contributed by atoms with Gasteiger partial charge >= 0.3 is 0 Å². The molecule has 1 aromatic carbocycles. The molecular weight excluding hydrogens is 300 g/mol. The Morgan fingerprint density at radius 3 is 2.23 bits per heavy atom. The Morgan fingerprint density at radius 2 is 1.77 bits per heavy atom. The second-order valence-electron chi connectivity index (χ2n) is 6.02. The average Bonchev–Trinajstić information content (AvgIpc) is 2.34. The highest BCUT2D eigenvalue weighted by Gasteiger charge is 2.20. The number of sulfonamides is 1. The summed E-state index contributed by atoms with van der Waals surface area (Å²) in [6.07, 6.45) is 1.64. The van der Waals surface area contributed by atoms with Gasteiger partial charge in [0.05, 0.1) is 18.5 Å². The summed E-state index contributed by atoms with van der Waals surface area (Å²) >= 11 is 0. The predicted octanol–water partition coefficient (Wildman–Crippen LogP) is 2.23. The molecule has 0 saturated carbocycles. The van der Waals surface area contributed by atoms with Gasteiger partial charge in [0, 0.05) is 13.0 Å². The van der Waals surface area contributed by atoms with Gasteiger partial charge < -0.3 is 5.32 Å². The quantitative estimate of drug-likeness (QED) is 0.835. The number of hydrogen-bond donors (Lipinski definition) is 1. The fourth-order valence-corrected chi connectivity index (χ4v) is 3.42. The van der Waals surface area contributed by atoms with E-state index in [9.17, 15) is 13.2 Å². The van der Waals surface area contributed by atoms with Crippen molar-refractivity contribution in [1.29, 1.82) is 0 Å². The molecule has 0 unspecified atom stereocenters. The number of benzene rings is 1. The maximum absolute atomic E-state index is 12.1. The first-order chi connectivity index (χ1) is 10.1. The second-order valence-corrected chi connectivity index (χ2v) is 7.93. The molecule has 0 atom stereocenters. The van der Waals surface area contributed by atoms with E-state index in [2.05, 4.69) is 5.32 Å². The molecule has 1 aromatic rings. The van der Waals surface area contributed by atoms with Crippen LogP contribution in [0, 0.1) is 19.8 Å². The summed E-state index contributed by atoms with van der Waals surface area (Å²) in [5.74, 6) is 0.231. The molecule has 6 heteroatoms. The van der Waals surface area contributed by atoms with E-state index < -0.39 is 10.0 Å². The summed E-state index contributed by atoms with van der Waals surface area (Å²) in [6.45, 7) is 8.24. The molecule has 0 fully saturated rings. The van der Waals surface area contributed by atoms with Crippen LogP contribution in [-0.4, -0.2) is 33.7 Å². The van der Waals surface area contributed by atoms with Crippen molar-refractivity contribution >= 4 is 21.6 Å². The van der Waals surface area contributed by atoms with E-state index in [0.29, 0.717) is 18.7 Å². The van der Waals surface area contributed by atoms with Gasteiger partial charge in [-0.25, -0.2) is 8.42 Å². The maximum Gasteiger partial charge on any atom is 0.232 e. The number of amides is 1. The summed E-state index contributed by atoms with van der Waals surface area (Å²) in [6, 6.07) is 5.68. The Morgan fingerprint density at radius 1 is 1.23 bits per heavy atom.